The number of aliphatic carboxylic acids is 1. The molecule has 0 bridgehead atoms. The molecule has 33 heavy (non-hydrogen) atoms. The summed E-state index contributed by atoms with van der Waals surface area (Å²) in [6, 6.07) is 13.0. The van der Waals surface area contributed by atoms with Gasteiger partial charge < -0.3 is 25.4 Å². The molecule has 0 radical (unpaired) electrons. The Morgan fingerprint density at radius 3 is 2.42 bits per heavy atom. The minimum atomic E-state index is -1.10. The van der Waals surface area contributed by atoms with Crippen LogP contribution in [0.5, 0.6) is 5.75 Å². The Hall–Kier alpha value is -3.78. The zero-order chi connectivity index (χ0) is 24.1. The molecule has 1 aromatic heterocycles. The lowest BCUT2D eigenvalue weighted by molar-refractivity contribution is -0.137. The Kier molecular flexibility index (Phi) is 7.40. The molecule has 1 heterocycles. The Morgan fingerprint density at radius 2 is 1.79 bits per heavy atom. The van der Waals surface area contributed by atoms with Crippen LogP contribution in [0.1, 0.15) is 34.7 Å². The van der Waals surface area contributed by atoms with Crippen LogP contribution < -0.4 is 16.2 Å². The van der Waals surface area contributed by atoms with Crippen molar-refractivity contribution in [2.75, 3.05) is 5.32 Å². The van der Waals surface area contributed by atoms with E-state index in [1.165, 1.54) is 17.8 Å². The maximum Gasteiger partial charge on any atom is 0.319 e. The van der Waals surface area contributed by atoms with E-state index < -0.39 is 23.6 Å². The van der Waals surface area contributed by atoms with E-state index in [-0.39, 0.29) is 17.9 Å². The Balaban J connectivity index is 1.77. The summed E-state index contributed by atoms with van der Waals surface area (Å²) in [4.78, 5) is 36.2. The molecule has 172 valence electrons. The number of hydrogen-bond acceptors (Lipinski definition) is 4. The highest BCUT2D eigenvalue weighted by molar-refractivity contribution is 6.31. The molecule has 3 rings (SSSR count). The summed E-state index contributed by atoms with van der Waals surface area (Å²) in [5.74, 6) is -1.44. The first-order valence-corrected chi connectivity index (χ1v) is 10.5. The number of hydrogen-bond donors (Lipinski definition) is 4. The van der Waals surface area contributed by atoms with Gasteiger partial charge in [-0.05, 0) is 36.1 Å². The summed E-state index contributed by atoms with van der Waals surface area (Å²) in [6.45, 7) is 1.59. The minimum absolute atomic E-state index is 0.279. The van der Waals surface area contributed by atoms with Gasteiger partial charge in [-0.15, -0.1) is 0 Å². The number of urea groups is 1. The highest BCUT2D eigenvalue weighted by Crippen LogP contribution is 2.24. The largest absolute Gasteiger partial charge is 0.505 e. The number of carboxylic acid groups (broad SMARTS) is 1. The summed E-state index contributed by atoms with van der Waals surface area (Å²) in [5, 5.41) is 25.0. The molecule has 0 saturated carbocycles. The molecule has 0 spiro atoms. The first-order valence-electron chi connectivity index (χ1n) is 10.2. The van der Waals surface area contributed by atoms with Gasteiger partial charge in [0.25, 0.3) is 5.56 Å². The quantitative estimate of drug-likeness (QED) is 0.417. The summed E-state index contributed by atoms with van der Waals surface area (Å²) >= 11 is 6.22. The second kappa shape index (κ2) is 10.2. The maximum atomic E-state index is 12.6. The smallest absolute Gasteiger partial charge is 0.319 e. The van der Waals surface area contributed by atoms with E-state index in [4.69, 9.17) is 11.6 Å². The lowest BCUT2D eigenvalue weighted by atomic mass is 9.99. The molecule has 1 unspecified atom stereocenters. The lowest BCUT2D eigenvalue weighted by Crippen LogP contribution is -2.36. The van der Waals surface area contributed by atoms with Crippen LogP contribution in [0.15, 0.2) is 59.5 Å². The van der Waals surface area contributed by atoms with Crippen molar-refractivity contribution < 1.29 is 19.8 Å². The Labute approximate surface area is 195 Å². The highest BCUT2D eigenvalue weighted by atomic mass is 35.5. The molecule has 3 aromatic rings. The fourth-order valence-electron chi connectivity index (χ4n) is 3.46. The second-order valence-corrected chi connectivity index (χ2v) is 8.12. The van der Waals surface area contributed by atoms with E-state index in [0.717, 1.165) is 11.1 Å². The van der Waals surface area contributed by atoms with Crippen molar-refractivity contribution in [3.05, 3.63) is 92.4 Å². The van der Waals surface area contributed by atoms with Crippen molar-refractivity contribution in [1.29, 1.82) is 0 Å². The number of carbonyl (C=O) groups is 2. The van der Waals surface area contributed by atoms with Crippen LogP contribution in [0.2, 0.25) is 5.02 Å². The van der Waals surface area contributed by atoms with Gasteiger partial charge >= 0.3 is 12.0 Å². The summed E-state index contributed by atoms with van der Waals surface area (Å²) in [6.07, 6.45) is 1.68. The molecule has 2 aromatic carbocycles. The number of aryl methyl sites for hydroxylation is 2. The Bertz CT molecular complexity index is 1240. The Morgan fingerprint density at radius 1 is 1.12 bits per heavy atom. The highest BCUT2D eigenvalue weighted by Gasteiger charge is 2.21. The molecule has 0 aliphatic carbocycles. The molecule has 0 aliphatic heterocycles. The number of pyridine rings is 1. The normalized spacial score (nSPS) is 11.6. The van der Waals surface area contributed by atoms with Crippen LogP contribution in [0.4, 0.5) is 10.5 Å². The lowest BCUT2D eigenvalue weighted by Gasteiger charge is -2.19. The molecule has 4 N–H and O–H groups in total. The maximum absolute atomic E-state index is 12.6. The number of amides is 2. The summed E-state index contributed by atoms with van der Waals surface area (Å²) < 4.78 is 1.23. The van der Waals surface area contributed by atoms with Gasteiger partial charge in [0.2, 0.25) is 0 Å². The number of halogens is 1. The van der Waals surface area contributed by atoms with Crippen molar-refractivity contribution in [2.45, 2.75) is 25.8 Å². The van der Waals surface area contributed by atoms with Crippen LogP contribution in [-0.4, -0.2) is 26.8 Å². The van der Waals surface area contributed by atoms with Gasteiger partial charge in [-0.2, -0.15) is 0 Å². The molecule has 2 amide bonds. The van der Waals surface area contributed by atoms with Crippen LogP contribution in [-0.2, 0) is 18.3 Å². The summed E-state index contributed by atoms with van der Waals surface area (Å²) in [7, 11) is 1.50. The number of carbonyl (C=O) groups excluding carboxylic acids is 1. The topological polar surface area (TPSA) is 121 Å². The van der Waals surface area contributed by atoms with Gasteiger partial charge in [-0.1, -0.05) is 54.1 Å². The van der Waals surface area contributed by atoms with Crippen LogP contribution in [0.25, 0.3) is 0 Å². The third kappa shape index (κ3) is 5.93. The van der Waals surface area contributed by atoms with E-state index in [1.54, 1.807) is 19.1 Å². The van der Waals surface area contributed by atoms with E-state index >= 15 is 0 Å². The van der Waals surface area contributed by atoms with Gasteiger partial charge in [0, 0.05) is 23.8 Å². The molecular formula is C24H24ClN3O5. The van der Waals surface area contributed by atoms with E-state index in [9.17, 15) is 24.6 Å². The third-order valence-corrected chi connectivity index (χ3v) is 5.56. The van der Waals surface area contributed by atoms with Crippen molar-refractivity contribution in [1.82, 2.24) is 9.88 Å². The first-order chi connectivity index (χ1) is 15.7. The molecule has 9 heteroatoms. The van der Waals surface area contributed by atoms with Crippen molar-refractivity contribution in [2.24, 2.45) is 7.05 Å². The fourth-order valence-corrected chi connectivity index (χ4v) is 3.66. The predicted molar refractivity (Wildman–Crippen MR) is 126 cm³/mol. The van der Waals surface area contributed by atoms with Crippen molar-refractivity contribution >= 4 is 29.3 Å². The fraction of sp³-hybridized carbons (Fsp3) is 0.208. The van der Waals surface area contributed by atoms with Gasteiger partial charge in [0.05, 0.1) is 12.5 Å². The monoisotopic (exact) mass is 469 g/mol. The van der Waals surface area contributed by atoms with E-state index in [1.807, 2.05) is 36.4 Å². The van der Waals surface area contributed by atoms with Gasteiger partial charge in [0.1, 0.15) is 5.75 Å². The van der Waals surface area contributed by atoms with Crippen molar-refractivity contribution in [3.8, 4) is 5.75 Å². The number of nitrogens with one attached hydrogen (secondary N) is 2. The zero-order valence-electron chi connectivity index (χ0n) is 18.1. The van der Waals surface area contributed by atoms with Crippen LogP contribution >= 0.6 is 11.6 Å². The van der Waals surface area contributed by atoms with Gasteiger partial charge in [-0.25, -0.2) is 4.79 Å². The number of rotatable bonds is 7. The molecule has 0 aliphatic rings. The predicted octanol–water partition coefficient (Wildman–Crippen LogP) is 3.98. The van der Waals surface area contributed by atoms with E-state index in [2.05, 4.69) is 10.6 Å². The van der Waals surface area contributed by atoms with E-state index in [0.29, 0.717) is 22.6 Å². The SMILES string of the molecule is Cc1cn(C)c(=O)c(NC(=O)NC(CC(=O)O)c2ccc(Cc3ccccc3Cl)cc2)c1O. The molecule has 0 fully saturated rings. The minimum Gasteiger partial charge on any atom is -0.505 e. The third-order valence-electron chi connectivity index (χ3n) is 5.19. The van der Waals surface area contributed by atoms with Crippen molar-refractivity contribution in [3.63, 3.8) is 0 Å². The average Bonchev–Trinajstić information content (AvgIpc) is 2.77. The number of nitrogens with zero attached hydrogens (tertiary/aromatic N) is 1. The molecule has 0 saturated heterocycles. The van der Waals surface area contributed by atoms with Crippen LogP contribution in [0.3, 0.4) is 0 Å². The molecular weight excluding hydrogens is 446 g/mol. The van der Waals surface area contributed by atoms with Gasteiger partial charge in [0.15, 0.2) is 5.69 Å². The standard InChI is InChI=1S/C24H24ClN3O5/c1-14-13-28(2)23(32)21(22(14)31)27-24(33)26-19(12-20(29)30)16-9-7-15(8-10-16)11-17-5-3-4-6-18(17)25/h3-10,13,19,31H,11-12H2,1-2H3,(H,29,30)(H2,26,27,33). The first kappa shape index (κ1) is 23.9. The zero-order valence-corrected chi connectivity index (χ0v) is 18.9. The molecule has 1 atom stereocenters. The number of anilines is 1. The van der Waals surface area contributed by atoms with Gasteiger partial charge in [-0.3, -0.25) is 9.59 Å². The van der Waals surface area contributed by atoms with Crippen LogP contribution in [0, 0.1) is 6.92 Å². The second-order valence-electron chi connectivity index (χ2n) is 7.71. The molecule has 8 nitrogen and oxygen atoms in total. The number of aromatic hydroxyl groups is 1. The number of carboxylic acids is 1. The number of aromatic nitrogens is 1. The average molecular weight is 470 g/mol. The summed E-state index contributed by atoms with van der Waals surface area (Å²) in [5.41, 5.74) is 2.05. The number of benzene rings is 2.